The number of aryl methyl sites for hydroxylation is 1. The molecule has 156 valence electrons. The van der Waals surface area contributed by atoms with Crippen LogP contribution in [0.15, 0.2) is 42.5 Å². The van der Waals surface area contributed by atoms with Gasteiger partial charge in [-0.15, -0.1) is 0 Å². The number of benzene rings is 2. The zero-order valence-electron chi connectivity index (χ0n) is 17.3. The molecule has 2 amide bonds. The van der Waals surface area contributed by atoms with Crippen molar-refractivity contribution in [1.82, 2.24) is 9.88 Å². The molecule has 4 rings (SSSR count). The van der Waals surface area contributed by atoms with Gasteiger partial charge in [-0.25, -0.2) is 4.39 Å². The summed E-state index contributed by atoms with van der Waals surface area (Å²) in [7, 11) is 0. The van der Waals surface area contributed by atoms with Crippen LogP contribution in [0.5, 0.6) is 0 Å². The summed E-state index contributed by atoms with van der Waals surface area (Å²) in [5.74, 6) is -0.609. The summed E-state index contributed by atoms with van der Waals surface area (Å²) in [6.07, 6.45) is 0. The van der Waals surface area contributed by atoms with E-state index in [0.29, 0.717) is 35.4 Å². The minimum atomic E-state index is -0.363. The van der Waals surface area contributed by atoms with Crippen LogP contribution in [0.2, 0.25) is 0 Å². The predicted octanol–water partition coefficient (Wildman–Crippen LogP) is 3.92. The number of aromatic nitrogens is 1. The highest BCUT2D eigenvalue weighted by Crippen LogP contribution is 2.25. The number of nitrogens with zero attached hydrogens (tertiary/aromatic N) is 2. The Hall–Kier alpha value is -3.35. The monoisotopic (exact) mass is 408 g/mol. The summed E-state index contributed by atoms with van der Waals surface area (Å²) in [4.78, 5) is 32.0. The molecule has 0 radical (unpaired) electrons. The number of halogens is 1. The number of amides is 2. The Balaban J connectivity index is 1.51. The standard InChI is InChI=1S/C23H25FN4O2/c1-14(2)28-10-9-27(13-21(28)29)17-6-4-5-16(11-17)25-23(30)20-12-18-19(24)8-7-15(3)22(18)26-20/h4-8,11-12,14,26H,9-10,13H2,1-3H3,(H,25,30). The number of anilines is 2. The highest BCUT2D eigenvalue weighted by atomic mass is 19.1. The normalized spacial score (nSPS) is 14.6. The average molecular weight is 408 g/mol. The van der Waals surface area contributed by atoms with Gasteiger partial charge in [-0.2, -0.15) is 0 Å². The molecular weight excluding hydrogens is 383 g/mol. The molecule has 3 aromatic rings. The zero-order chi connectivity index (χ0) is 21.4. The Morgan fingerprint density at radius 3 is 2.67 bits per heavy atom. The summed E-state index contributed by atoms with van der Waals surface area (Å²) in [6.45, 7) is 7.62. The second-order valence-corrected chi connectivity index (χ2v) is 7.94. The average Bonchev–Trinajstić information content (AvgIpc) is 3.18. The molecule has 0 saturated carbocycles. The minimum Gasteiger partial charge on any atom is -0.360 e. The van der Waals surface area contributed by atoms with Gasteiger partial charge in [0.05, 0.1) is 12.1 Å². The lowest BCUT2D eigenvalue weighted by Crippen LogP contribution is -2.52. The van der Waals surface area contributed by atoms with Crippen LogP contribution in [0.25, 0.3) is 10.9 Å². The lowest BCUT2D eigenvalue weighted by atomic mass is 10.1. The van der Waals surface area contributed by atoms with Crippen LogP contribution in [-0.2, 0) is 4.79 Å². The fourth-order valence-corrected chi connectivity index (χ4v) is 3.88. The van der Waals surface area contributed by atoms with Crippen LogP contribution in [0, 0.1) is 12.7 Å². The van der Waals surface area contributed by atoms with Crippen LogP contribution in [0.1, 0.15) is 29.9 Å². The molecule has 2 aromatic carbocycles. The number of rotatable bonds is 4. The Morgan fingerprint density at radius 1 is 1.17 bits per heavy atom. The van der Waals surface area contributed by atoms with Crippen LogP contribution >= 0.6 is 0 Å². The van der Waals surface area contributed by atoms with Crippen molar-refractivity contribution in [1.29, 1.82) is 0 Å². The van der Waals surface area contributed by atoms with Crippen molar-refractivity contribution in [2.24, 2.45) is 0 Å². The molecule has 30 heavy (non-hydrogen) atoms. The quantitative estimate of drug-likeness (QED) is 0.687. The Labute approximate surface area is 174 Å². The van der Waals surface area contributed by atoms with Crippen molar-refractivity contribution in [3.63, 3.8) is 0 Å². The van der Waals surface area contributed by atoms with E-state index in [-0.39, 0.29) is 23.7 Å². The van der Waals surface area contributed by atoms with E-state index in [2.05, 4.69) is 10.3 Å². The third-order valence-electron chi connectivity index (χ3n) is 5.54. The molecule has 1 fully saturated rings. The van der Waals surface area contributed by atoms with Gasteiger partial charge >= 0.3 is 0 Å². The number of carbonyl (C=O) groups excluding carboxylic acids is 2. The summed E-state index contributed by atoms with van der Waals surface area (Å²) >= 11 is 0. The molecule has 6 nitrogen and oxygen atoms in total. The SMILES string of the molecule is Cc1ccc(F)c2cc(C(=O)Nc3cccc(N4CCN(C(C)C)C(=O)C4)c3)[nH]c12. The molecule has 1 aromatic heterocycles. The van der Waals surface area contributed by atoms with Crippen molar-refractivity contribution in [2.45, 2.75) is 26.8 Å². The molecule has 0 spiro atoms. The number of nitrogens with one attached hydrogen (secondary N) is 2. The van der Waals surface area contributed by atoms with Crippen LogP contribution in [-0.4, -0.2) is 47.4 Å². The first-order valence-corrected chi connectivity index (χ1v) is 10.1. The fourth-order valence-electron chi connectivity index (χ4n) is 3.88. The van der Waals surface area contributed by atoms with Gasteiger partial charge in [0.25, 0.3) is 5.91 Å². The third kappa shape index (κ3) is 3.75. The molecule has 2 N–H and O–H groups in total. The Morgan fingerprint density at radius 2 is 1.97 bits per heavy atom. The van der Waals surface area contributed by atoms with Gasteiger partial charge in [0.2, 0.25) is 5.91 Å². The van der Waals surface area contributed by atoms with E-state index in [4.69, 9.17) is 0 Å². The molecule has 0 unspecified atom stereocenters. The van der Waals surface area contributed by atoms with E-state index < -0.39 is 0 Å². The summed E-state index contributed by atoms with van der Waals surface area (Å²) in [5.41, 5.74) is 3.28. The fraction of sp³-hybridized carbons (Fsp3) is 0.304. The maximum Gasteiger partial charge on any atom is 0.272 e. The van der Waals surface area contributed by atoms with Crippen molar-refractivity contribution < 1.29 is 14.0 Å². The molecule has 0 atom stereocenters. The van der Waals surface area contributed by atoms with Gasteiger partial charge in [0, 0.05) is 35.9 Å². The van der Waals surface area contributed by atoms with E-state index >= 15 is 0 Å². The minimum absolute atomic E-state index is 0.0983. The second kappa shape index (κ2) is 7.82. The summed E-state index contributed by atoms with van der Waals surface area (Å²) in [6, 6.07) is 12.2. The molecule has 0 aliphatic carbocycles. The lowest BCUT2D eigenvalue weighted by Gasteiger charge is -2.37. The molecule has 2 heterocycles. The van der Waals surface area contributed by atoms with Gasteiger partial charge < -0.3 is 20.1 Å². The first-order valence-electron chi connectivity index (χ1n) is 10.1. The van der Waals surface area contributed by atoms with E-state index in [1.807, 2.05) is 48.8 Å². The number of piperazine rings is 1. The maximum atomic E-state index is 14.0. The predicted molar refractivity (Wildman–Crippen MR) is 116 cm³/mol. The second-order valence-electron chi connectivity index (χ2n) is 7.94. The number of carbonyl (C=O) groups is 2. The first-order chi connectivity index (χ1) is 14.3. The molecule has 1 saturated heterocycles. The van der Waals surface area contributed by atoms with Crippen LogP contribution in [0.4, 0.5) is 15.8 Å². The zero-order valence-corrected chi connectivity index (χ0v) is 17.3. The van der Waals surface area contributed by atoms with E-state index in [1.54, 1.807) is 12.1 Å². The van der Waals surface area contributed by atoms with Crippen molar-refractivity contribution in [3.8, 4) is 0 Å². The number of hydrogen-bond donors (Lipinski definition) is 2. The van der Waals surface area contributed by atoms with E-state index in [1.165, 1.54) is 12.1 Å². The Bertz CT molecular complexity index is 1080. The molecule has 1 aliphatic rings. The number of aromatic amines is 1. The van der Waals surface area contributed by atoms with Gasteiger partial charge in [-0.3, -0.25) is 9.59 Å². The molecule has 0 bridgehead atoms. The highest BCUT2D eigenvalue weighted by molar-refractivity contribution is 6.06. The molecular formula is C23H25FN4O2. The van der Waals surface area contributed by atoms with Crippen LogP contribution in [0.3, 0.4) is 0 Å². The van der Waals surface area contributed by atoms with Crippen molar-refractivity contribution in [2.75, 3.05) is 29.9 Å². The van der Waals surface area contributed by atoms with Gasteiger partial charge in [0.1, 0.15) is 11.5 Å². The van der Waals surface area contributed by atoms with Crippen molar-refractivity contribution in [3.05, 3.63) is 59.5 Å². The maximum absolute atomic E-state index is 14.0. The summed E-state index contributed by atoms with van der Waals surface area (Å²) < 4.78 is 14.0. The van der Waals surface area contributed by atoms with Crippen LogP contribution < -0.4 is 10.2 Å². The largest absolute Gasteiger partial charge is 0.360 e. The van der Waals surface area contributed by atoms with Gasteiger partial charge in [-0.05, 0) is 56.7 Å². The summed E-state index contributed by atoms with van der Waals surface area (Å²) in [5, 5.41) is 3.26. The van der Waals surface area contributed by atoms with E-state index in [9.17, 15) is 14.0 Å². The lowest BCUT2D eigenvalue weighted by molar-refractivity contribution is -0.132. The third-order valence-corrected chi connectivity index (χ3v) is 5.54. The smallest absolute Gasteiger partial charge is 0.272 e. The molecule has 1 aliphatic heterocycles. The highest BCUT2D eigenvalue weighted by Gasteiger charge is 2.26. The first kappa shape index (κ1) is 19.9. The number of fused-ring (bicyclic) bond motifs is 1. The topological polar surface area (TPSA) is 68.4 Å². The molecule has 7 heteroatoms. The van der Waals surface area contributed by atoms with E-state index in [0.717, 1.165) is 17.8 Å². The number of hydrogen-bond acceptors (Lipinski definition) is 3. The van der Waals surface area contributed by atoms with Gasteiger partial charge in [0.15, 0.2) is 0 Å². The van der Waals surface area contributed by atoms with Crippen molar-refractivity contribution >= 4 is 34.1 Å². The Kier molecular flexibility index (Phi) is 5.20. The van der Waals surface area contributed by atoms with Gasteiger partial charge in [-0.1, -0.05) is 12.1 Å². The number of H-pyrrole nitrogens is 1.